The molecule has 1 saturated heterocycles. The monoisotopic (exact) mass is 642 g/mol. The van der Waals surface area contributed by atoms with E-state index in [0.29, 0.717) is 66.6 Å². The van der Waals surface area contributed by atoms with E-state index in [0.717, 1.165) is 19.4 Å². The van der Waals surface area contributed by atoms with Crippen molar-refractivity contribution < 1.29 is 33.3 Å². The number of pyridine rings is 1. The summed E-state index contributed by atoms with van der Waals surface area (Å²) in [5, 5.41) is 8.34. The van der Waals surface area contributed by atoms with Gasteiger partial charge in [-0.15, -0.1) is 0 Å². The van der Waals surface area contributed by atoms with Gasteiger partial charge in [0, 0.05) is 44.0 Å². The number of amides is 2. The van der Waals surface area contributed by atoms with Gasteiger partial charge in [-0.1, -0.05) is 11.6 Å². The van der Waals surface area contributed by atoms with Gasteiger partial charge in [-0.3, -0.25) is 14.5 Å². The predicted molar refractivity (Wildman–Crippen MR) is 168 cm³/mol. The number of hydrogen-bond acceptors (Lipinski definition) is 10. The minimum Gasteiger partial charge on any atom is -0.494 e. The maximum absolute atomic E-state index is 13.5. The van der Waals surface area contributed by atoms with Crippen molar-refractivity contribution in [3.8, 4) is 17.2 Å². The number of aromatic nitrogens is 3. The maximum atomic E-state index is 13.5. The standard InChI is InChI=1S/C31H39ClN6O7/c1-6-43-29(40)19-8-7-10-36(18-19)11-9-33-28(39)27-20-17-34-26(32)16-21(20)38(35-27)23-15-25-22(14-24(23)42-5)37(12-13-44-25)30(41)45-31(2,3)4/h14-17,19H,6-13,18H2,1-5H3,(H,33,39). The number of hydrogen-bond donors (Lipinski definition) is 1. The van der Waals surface area contributed by atoms with Crippen LogP contribution < -0.4 is 19.7 Å². The minimum atomic E-state index is -0.670. The van der Waals surface area contributed by atoms with Crippen LogP contribution >= 0.6 is 11.6 Å². The van der Waals surface area contributed by atoms with E-state index in [-0.39, 0.29) is 35.2 Å². The van der Waals surface area contributed by atoms with Gasteiger partial charge in [0.1, 0.15) is 34.5 Å². The number of ether oxygens (including phenoxy) is 4. The molecule has 14 heteroatoms. The highest BCUT2D eigenvalue weighted by molar-refractivity contribution is 6.30. The highest BCUT2D eigenvalue weighted by Gasteiger charge is 2.31. The van der Waals surface area contributed by atoms with Gasteiger partial charge in [0.2, 0.25) is 0 Å². The lowest BCUT2D eigenvalue weighted by molar-refractivity contribution is -0.149. The first-order valence-corrected chi connectivity index (χ1v) is 15.4. The van der Waals surface area contributed by atoms with Crippen molar-refractivity contribution in [2.24, 2.45) is 5.92 Å². The van der Waals surface area contributed by atoms with E-state index >= 15 is 0 Å². The van der Waals surface area contributed by atoms with E-state index in [1.165, 1.54) is 18.2 Å². The van der Waals surface area contributed by atoms with E-state index in [1.54, 1.807) is 29.8 Å². The zero-order valence-corrected chi connectivity index (χ0v) is 27.0. The molecule has 0 radical (unpaired) electrons. The van der Waals surface area contributed by atoms with Gasteiger partial charge in [0.15, 0.2) is 5.69 Å². The molecule has 13 nitrogen and oxygen atoms in total. The molecule has 45 heavy (non-hydrogen) atoms. The fraction of sp³-hybridized carbons (Fsp3) is 0.516. The summed E-state index contributed by atoms with van der Waals surface area (Å²) in [7, 11) is 1.51. The average molecular weight is 643 g/mol. The lowest BCUT2D eigenvalue weighted by Gasteiger charge is -2.32. The Kier molecular flexibility index (Phi) is 9.68. The zero-order chi connectivity index (χ0) is 32.3. The summed E-state index contributed by atoms with van der Waals surface area (Å²) in [5.74, 6) is 0.108. The van der Waals surface area contributed by atoms with Crippen LogP contribution in [-0.2, 0) is 14.3 Å². The van der Waals surface area contributed by atoms with E-state index in [2.05, 4.69) is 20.3 Å². The Morgan fingerprint density at radius 1 is 1.16 bits per heavy atom. The quantitative estimate of drug-likeness (QED) is 0.281. The summed E-state index contributed by atoms with van der Waals surface area (Å²) in [4.78, 5) is 46.5. The number of carbonyl (C=O) groups excluding carboxylic acids is 3. The van der Waals surface area contributed by atoms with Crippen LogP contribution in [0.15, 0.2) is 24.4 Å². The van der Waals surface area contributed by atoms with Crippen molar-refractivity contribution in [2.45, 2.75) is 46.1 Å². The number of rotatable bonds is 8. The Labute approximate surface area is 266 Å². The molecule has 0 bridgehead atoms. The van der Waals surface area contributed by atoms with Gasteiger partial charge in [-0.05, 0) is 47.1 Å². The molecule has 0 aliphatic carbocycles. The zero-order valence-electron chi connectivity index (χ0n) is 26.2. The summed E-state index contributed by atoms with van der Waals surface area (Å²) in [6.07, 6.45) is 2.71. The average Bonchev–Trinajstić information content (AvgIpc) is 3.38. The first-order chi connectivity index (χ1) is 21.5. The molecule has 1 aromatic carbocycles. The molecule has 1 fully saturated rings. The summed E-state index contributed by atoms with van der Waals surface area (Å²) in [6, 6.07) is 5.02. The molecule has 1 N–H and O–H groups in total. The number of halogens is 1. The van der Waals surface area contributed by atoms with E-state index < -0.39 is 11.7 Å². The van der Waals surface area contributed by atoms with Crippen LogP contribution in [0, 0.1) is 5.92 Å². The molecule has 4 heterocycles. The molecule has 1 unspecified atom stereocenters. The molecular formula is C31H39ClN6O7. The highest BCUT2D eigenvalue weighted by Crippen LogP contribution is 2.41. The number of anilines is 1. The van der Waals surface area contributed by atoms with E-state index in [9.17, 15) is 14.4 Å². The minimum absolute atomic E-state index is 0.156. The number of likely N-dealkylation sites (tertiary alicyclic amines) is 1. The van der Waals surface area contributed by atoms with Crippen LogP contribution in [0.3, 0.4) is 0 Å². The first-order valence-electron chi connectivity index (χ1n) is 15.1. The summed E-state index contributed by atoms with van der Waals surface area (Å²) >= 11 is 6.28. The lowest BCUT2D eigenvalue weighted by atomic mass is 9.98. The molecule has 0 spiro atoms. The smallest absolute Gasteiger partial charge is 0.415 e. The normalized spacial score (nSPS) is 16.9. The molecule has 2 aromatic heterocycles. The van der Waals surface area contributed by atoms with Crippen LogP contribution in [0.1, 0.15) is 51.0 Å². The SMILES string of the molecule is CCOC(=O)C1CCCN(CCNC(=O)c2nn(-c3cc4c(cc3OC)N(C(=O)OC(C)(C)C)CCO4)c3cc(Cl)ncc23)C1. The Bertz CT molecular complexity index is 1590. The second-order valence-corrected chi connectivity index (χ2v) is 12.3. The molecule has 5 rings (SSSR count). The van der Waals surface area contributed by atoms with Gasteiger partial charge in [-0.2, -0.15) is 5.10 Å². The second-order valence-electron chi connectivity index (χ2n) is 11.9. The van der Waals surface area contributed by atoms with Crippen LogP contribution in [0.4, 0.5) is 10.5 Å². The second kappa shape index (κ2) is 13.5. The third kappa shape index (κ3) is 7.25. The molecule has 3 aromatic rings. The van der Waals surface area contributed by atoms with Gasteiger partial charge in [0.05, 0.1) is 42.8 Å². The number of piperidine rings is 1. The first kappa shape index (κ1) is 32.3. The van der Waals surface area contributed by atoms with Crippen molar-refractivity contribution in [1.29, 1.82) is 0 Å². The maximum Gasteiger partial charge on any atom is 0.415 e. The molecule has 1 atom stereocenters. The van der Waals surface area contributed by atoms with E-state index in [4.69, 9.17) is 30.5 Å². The van der Waals surface area contributed by atoms with Crippen molar-refractivity contribution in [2.75, 3.05) is 57.9 Å². The van der Waals surface area contributed by atoms with Crippen molar-refractivity contribution in [1.82, 2.24) is 25.0 Å². The summed E-state index contributed by atoms with van der Waals surface area (Å²) in [6.45, 7) is 10.5. The van der Waals surface area contributed by atoms with E-state index in [1.807, 2.05) is 20.8 Å². The van der Waals surface area contributed by atoms with Crippen LogP contribution in [0.25, 0.3) is 16.6 Å². The topological polar surface area (TPSA) is 137 Å². The van der Waals surface area contributed by atoms with Gasteiger partial charge in [-0.25, -0.2) is 14.5 Å². The van der Waals surface area contributed by atoms with Gasteiger partial charge in [0.25, 0.3) is 5.91 Å². The largest absolute Gasteiger partial charge is 0.494 e. The Morgan fingerprint density at radius 2 is 1.96 bits per heavy atom. The Balaban J connectivity index is 1.40. The number of carbonyl (C=O) groups is 3. The van der Waals surface area contributed by atoms with Crippen LogP contribution in [-0.4, -0.2) is 96.3 Å². The number of esters is 1. The lowest BCUT2D eigenvalue weighted by Crippen LogP contribution is -2.43. The van der Waals surface area contributed by atoms with Gasteiger partial charge < -0.3 is 29.2 Å². The predicted octanol–water partition coefficient (Wildman–Crippen LogP) is 4.22. The molecule has 2 aliphatic rings. The fourth-order valence-electron chi connectivity index (χ4n) is 5.53. The molecule has 2 aliphatic heterocycles. The van der Waals surface area contributed by atoms with Gasteiger partial charge >= 0.3 is 12.1 Å². The summed E-state index contributed by atoms with van der Waals surface area (Å²) < 4.78 is 24.0. The summed E-state index contributed by atoms with van der Waals surface area (Å²) in [5.41, 5.74) is 0.997. The molecular weight excluding hydrogens is 604 g/mol. The van der Waals surface area contributed by atoms with Crippen molar-refractivity contribution >= 4 is 46.2 Å². The van der Waals surface area contributed by atoms with Crippen molar-refractivity contribution in [3.05, 3.63) is 35.2 Å². The number of nitrogens with zero attached hydrogens (tertiary/aromatic N) is 5. The third-order valence-electron chi connectivity index (χ3n) is 7.55. The number of benzene rings is 1. The van der Waals surface area contributed by atoms with Crippen LogP contribution in [0.2, 0.25) is 5.15 Å². The Morgan fingerprint density at radius 3 is 2.69 bits per heavy atom. The molecule has 0 saturated carbocycles. The molecule has 2 amide bonds. The third-order valence-corrected chi connectivity index (χ3v) is 7.76. The number of methoxy groups -OCH3 is 1. The fourth-order valence-corrected chi connectivity index (χ4v) is 5.68. The highest BCUT2D eigenvalue weighted by atomic mass is 35.5. The number of nitrogens with one attached hydrogen (secondary N) is 1. The van der Waals surface area contributed by atoms with Crippen molar-refractivity contribution in [3.63, 3.8) is 0 Å². The number of fused-ring (bicyclic) bond motifs is 2. The van der Waals surface area contributed by atoms with Crippen LogP contribution in [0.5, 0.6) is 11.5 Å². The Hall–Kier alpha value is -4.10. The molecule has 242 valence electrons.